The summed E-state index contributed by atoms with van der Waals surface area (Å²) in [5.74, 6) is 0.329. The first-order valence-corrected chi connectivity index (χ1v) is 6.08. The highest BCUT2D eigenvalue weighted by Gasteiger charge is 2.08. The summed E-state index contributed by atoms with van der Waals surface area (Å²) in [6, 6.07) is 15.9. The highest BCUT2D eigenvalue weighted by atomic mass is 16.6. The molecule has 2 aromatic carbocycles. The molecular formula is C16H13NO3. The summed E-state index contributed by atoms with van der Waals surface area (Å²) in [5, 5.41) is 8.90. The Balaban J connectivity index is 1.92. The van der Waals surface area contributed by atoms with Gasteiger partial charge >= 0.3 is 5.97 Å². The van der Waals surface area contributed by atoms with Gasteiger partial charge in [0.05, 0.1) is 5.56 Å². The lowest BCUT2D eigenvalue weighted by Gasteiger charge is -2.07. The van der Waals surface area contributed by atoms with E-state index in [1.54, 1.807) is 36.4 Å². The smallest absolute Gasteiger partial charge is 0.349 e. The maximum Gasteiger partial charge on any atom is 0.349 e. The molecule has 0 fully saturated rings. The first-order chi connectivity index (χ1) is 9.69. The Morgan fingerprint density at radius 2 is 1.85 bits per heavy atom. The van der Waals surface area contributed by atoms with Crippen molar-refractivity contribution in [1.82, 2.24) is 0 Å². The van der Waals surface area contributed by atoms with Crippen LogP contribution in [0.15, 0.2) is 48.5 Å². The molecule has 0 N–H and O–H groups in total. The van der Waals surface area contributed by atoms with Crippen molar-refractivity contribution in [3.8, 4) is 17.6 Å². The molecule has 0 bridgehead atoms. The van der Waals surface area contributed by atoms with E-state index in [0.29, 0.717) is 17.1 Å². The lowest BCUT2D eigenvalue weighted by Crippen LogP contribution is -2.18. The van der Waals surface area contributed by atoms with Crippen molar-refractivity contribution in [2.75, 3.05) is 6.61 Å². The molecule has 0 spiro atoms. The summed E-state index contributed by atoms with van der Waals surface area (Å²) in [5.41, 5.74) is 1.47. The minimum atomic E-state index is -0.512. The standard InChI is InChI=1S/C16H13NO3/c1-12-6-8-14(9-7-12)20-16(18)11-19-15-5-3-2-4-13(15)10-17/h2-9H,11H2,1H3. The molecule has 0 heterocycles. The second-order valence-electron chi connectivity index (χ2n) is 4.18. The van der Waals surface area contributed by atoms with Crippen LogP contribution in [-0.2, 0) is 4.79 Å². The summed E-state index contributed by atoms with van der Waals surface area (Å²) in [6.07, 6.45) is 0. The number of esters is 1. The Labute approximate surface area is 117 Å². The molecule has 4 heteroatoms. The van der Waals surface area contributed by atoms with Crippen molar-refractivity contribution in [3.05, 3.63) is 59.7 Å². The molecule has 0 saturated carbocycles. The molecule has 0 saturated heterocycles. The Bertz CT molecular complexity index is 642. The maximum absolute atomic E-state index is 11.6. The number of carbonyl (C=O) groups excluding carboxylic acids is 1. The fourth-order valence-corrected chi connectivity index (χ4v) is 1.59. The highest BCUT2D eigenvalue weighted by Crippen LogP contribution is 2.17. The molecule has 2 rings (SSSR count). The SMILES string of the molecule is Cc1ccc(OC(=O)COc2ccccc2C#N)cc1. The van der Waals surface area contributed by atoms with E-state index in [9.17, 15) is 4.79 Å². The van der Waals surface area contributed by atoms with Crippen LogP contribution in [0.2, 0.25) is 0 Å². The van der Waals surface area contributed by atoms with Gasteiger partial charge in [0.2, 0.25) is 0 Å². The van der Waals surface area contributed by atoms with Crippen LogP contribution in [-0.4, -0.2) is 12.6 Å². The number of carbonyl (C=O) groups is 1. The molecular weight excluding hydrogens is 254 g/mol. The van der Waals surface area contributed by atoms with Gasteiger partial charge in [0.1, 0.15) is 17.6 Å². The van der Waals surface area contributed by atoms with Gasteiger partial charge in [-0.05, 0) is 31.2 Å². The molecule has 0 aromatic heterocycles. The van der Waals surface area contributed by atoms with Gasteiger partial charge in [-0.25, -0.2) is 4.79 Å². The lowest BCUT2D eigenvalue weighted by atomic mass is 10.2. The lowest BCUT2D eigenvalue weighted by molar-refractivity contribution is -0.136. The van der Waals surface area contributed by atoms with Crippen molar-refractivity contribution in [1.29, 1.82) is 5.26 Å². The number of hydrogen-bond acceptors (Lipinski definition) is 4. The predicted molar refractivity (Wildman–Crippen MR) is 73.5 cm³/mol. The first kappa shape index (κ1) is 13.6. The van der Waals surface area contributed by atoms with Crippen LogP contribution in [0.1, 0.15) is 11.1 Å². The number of rotatable bonds is 4. The number of nitriles is 1. The molecule has 2 aromatic rings. The van der Waals surface area contributed by atoms with E-state index in [0.717, 1.165) is 5.56 Å². The van der Waals surface area contributed by atoms with Gasteiger partial charge in [-0.15, -0.1) is 0 Å². The average Bonchev–Trinajstić information content (AvgIpc) is 2.48. The van der Waals surface area contributed by atoms with Crippen molar-refractivity contribution < 1.29 is 14.3 Å². The third-order valence-corrected chi connectivity index (χ3v) is 2.61. The van der Waals surface area contributed by atoms with Crippen molar-refractivity contribution in [2.24, 2.45) is 0 Å². The number of para-hydroxylation sites is 1. The Morgan fingerprint density at radius 1 is 1.15 bits per heavy atom. The van der Waals surface area contributed by atoms with Gasteiger partial charge in [0.15, 0.2) is 6.61 Å². The minimum absolute atomic E-state index is 0.243. The van der Waals surface area contributed by atoms with Crippen molar-refractivity contribution in [2.45, 2.75) is 6.92 Å². The molecule has 0 aliphatic rings. The average molecular weight is 267 g/mol. The van der Waals surface area contributed by atoms with Crippen LogP contribution < -0.4 is 9.47 Å². The van der Waals surface area contributed by atoms with Crippen LogP contribution in [0.5, 0.6) is 11.5 Å². The zero-order valence-corrected chi connectivity index (χ0v) is 11.0. The molecule has 20 heavy (non-hydrogen) atoms. The monoisotopic (exact) mass is 267 g/mol. The van der Waals surface area contributed by atoms with Crippen LogP contribution >= 0.6 is 0 Å². The Morgan fingerprint density at radius 3 is 2.55 bits per heavy atom. The third-order valence-electron chi connectivity index (χ3n) is 2.61. The molecule has 0 amide bonds. The van der Waals surface area contributed by atoms with E-state index in [1.165, 1.54) is 0 Å². The molecule has 0 aliphatic heterocycles. The molecule has 0 unspecified atom stereocenters. The topological polar surface area (TPSA) is 59.3 Å². The first-order valence-electron chi connectivity index (χ1n) is 6.08. The van der Waals surface area contributed by atoms with Gasteiger partial charge in [-0.3, -0.25) is 0 Å². The second-order valence-corrected chi connectivity index (χ2v) is 4.18. The van der Waals surface area contributed by atoms with Crippen molar-refractivity contribution in [3.63, 3.8) is 0 Å². The summed E-state index contributed by atoms with van der Waals surface area (Å²) >= 11 is 0. The summed E-state index contributed by atoms with van der Waals surface area (Å²) in [4.78, 5) is 11.6. The quantitative estimate of drug-likeness (QED) is 0.631. The second kappa shape index (κ2) is 6.39. The highest BCUT2D eigenvalue weighted by molar-refractivity contribution is 5.74. The van der Waals surface area contributed by atoms with Gasteiger partial charge in [0, 0.05) is 0 Å². The number of aryl methyl sites for hydroxylation is 1. The summed E-state index contributed by atoms with van der Waals surface area (Å²) in [6.45, 7) is 1.71. The number of hydrogen-bond donors (Lipinski definition) is 0. The zero-order valence-electron chi connectivity index (χ0n) is 11.0. The fourth-order valence-electron chi connectivity index (χ4n) is 1.59. The summed E-state index contributed by atoms with van der Waals surface area (Å²) < 4.78 is 10.4. The van der Waals surface area contributed by atoms with Gasteiger partial charge < -0.3 is 9.47 Å². The Hall–Kier alpha value is -2.80. The van der Waals surface area contributed by atoms with Gasteiger partial charge in [-0.2, -0.15) is 5.26 Å². The van der Waals surface area contributed by atoms with E-state index in [4.69, 9.17) is 14.7 Å². The maximum atomic E-state index is 11.6. The van der Waals surface area contributed by atoms with Gasteiger partial charge in [0.25, 0.3) is 0 Å². The molecule has 0 atom stereocenters. The minimum Gasteiger partial charge on any atom is -0.481 e. The van der Waals surface area contributed by atoms with Gasteiger partial charge in [-0.1, -0.05) is 29.8 Å². The predicted octanol–water partition coefficient (Wildman–Crippen LogP) is 2.85. The van der Waals surface area contributed by atoms with E-state index in [-0.39, 0.29) is 6.61 Å². The molecule has 0 radical (unpaired) electrons. The molecule has 0 aliphatic carbocycles. The van der Waals surface area contributed by atoms with Crippen LogP contribution in [0, 0.1) is 18.3 Å². The van der Waals surface area contributed by atoms with E-state index in [2.05, 4.69) is 0 Å². The zero-order chi connectivity index (χ0) is 14.4. The fraction of sp³-hybridized carbons (Fsp3) is 0.125. The van der Waals surface area contributed by atoms with Crippen LogP contribution in [0.3, 0.4) is 0 Å². The number of ether oxygens (including phenoxy) is 2. The van der Waals surface area contributed by atoms with Crippen LogP contribution in [0.4, 0.5) is 0 Å². The van der Waals surface area contributed by atoms with Crippen molar-refractivity contribution >= 4 is 5.97 Å². The molecule has 100 valence electrons. The van der Waals surface area contributed by atoms with E-state index >= 15 is 0 Å². The third kappa shape index (κ3) is 3.59. The normalized spacial score (nSPS) is 9.60. The molecule has 4 nitrogen and oxygen atoms in total. The number of nitrogens with zero attached hydrogens (tertiary/aromatic N) is 1. The summed E-state index contributed by atoms with van der Waals surface area (Å²) in [7, 11) is 0. The van der Waals surface area contributed by atoms with Crippen LogP contribution in [0.25, 0.3) is 0 Å². The van der Waals surface area contributed by atoms with E-state index < -0.39 is 5.97 Å². The largest absolute Gasteiger partial charge is 0.481 e. The van der Waals surface area contributed by atoms with E-state index in [1.807, 2.05) is 25.1 Å². The Kier molecular flexibility index (Phi) is 4.35. The number of benzene rings is 2.